The summed E-state index contributed by atoms with van der Waals surface area (Å²) in [4.78, 5) is 8.47. The minimum absolute atomic E-state index is 0. The summed E-state index contributed by atoms with van der Waals surface area (Å²) in [5.74, 6) is 0.467. The normalized spacial score (nSPS) is 11.2. The first-order valence-electron chi connectivity index (χ1n) is 9.67. The van der Waals surface area contributed by atoms with Crippen molar-refractivity contribution in [2.24, 2.45) is 0 Å². The molecule has 1 aromatic carbocycles. The number of halogens is 1. The van der Waals surface area contributed by atoms with E-state index in [1.807, 2.05) is 44.3 Å². The van der Waals surface area contributed by atoms with E-state index in [0.717, 1.165) is 16.6 Å². The van der Waals surface area contributed by atoms with Crippen LogP contribution in [0, 0.1) is 6.92 Å². The van der Waals surface area contributed by atoms with Gasteiger partial charge in [0.25, 0.3) is 10.0 Å². The first-order chi connectivity index (χ1) is 14.9. The molecule has 2 N–H and O–H groups in total. The van der Waals surface area contributed by atoms with Crippen molar-refractivity contribution < 1.29 is 13.2 Å². The lowest BCUT2D eigenvalue weighted by atomic mass is 10.1. The van der Waals surface area contributed by atoms with Gasteiger partial charge in [-0.25, -0.2) is 17.4 Å². The maximum Gasteiger partial charge on any atom is 0.269 e. The summed E-state index contributed by atoms with van der Waals surface area (Å²) in [5.41, 5.74) is 3.69. The van der Waals surface area contributed by atoms with Crippen molar-refractivity contribution in [3.05, 3.63) is 72.3 Å². The molecule has 0 radical (unpaired) electrons. The zero-order valence-electron chi connectivity index (χ0n) is 17.9. The summed E-state index contributed by atoms with van der Waals surface area (Å²) >= 11 is 0. The van der Waals surface area contributed by atoms with Crippen LogP contribution in [-0.2, 0) is 16.6 Å². The zero-order chi connectivity index (χ0) is 22.0. The van der Waals surface area contributed by atoms with Crippen molar-refractivity contribution >= 4 is 44.7 Å². The third-order valence-corrected chi connectivity index (χ3v) is 6.54. The molecule has 0 atom stereocenters. The molecule has 0 spiro atoms. The monoisotopic (exact) mass is 473 g/mol. The summed E-state index contributed by atoms with van der Waals surface area (Å²) in [6.45, 7) is 2.42. The Kier molecular flexibility index (Phi) is 7.02. The van der Waals surface area contributed by atoms with E-state index in [0.29, 0.717) is 29.3 Å². The molecule has 8 nitrogen and oxygen atoms in total. The number of hydrogen-bond donors (Lipinski definition) is 2. The van der Waals surface area contributed by atoms with Gasteiger partial charge in [-0.2, -0.15) is 0 Å². The van der Waals surface area contributed by atoms with Crippen LogP contribution in [0.1, 0.15) is 11.3 Å². The summed E-state index contributed by atoms with van der Waals surface area (Å²) in [6.07, 6.45) is 4.55. The second-order valence-corrected chi connectivity index (χ2v) is 8.86. The van der Waals surface area contributed by atoms with Gasteiger partial charge in [0.1, 0.15) is 10.6 Å². The highest BCUT2D eigenvalue weighted by atomic mass is 35.5. The van der Waals surface area contributed by atoms with Crippen LogP contribution in [0.4, 0.5) is 11.4 Å². The van der Waals surface area contributed by atoms with Gasteiger partial charge < -0.3 is 15.4 Å². The number of aryl methyl sites for hydroxylation is 1. The number of pyridine rings is 2. The predicted octanol–water partition coefficient (Wildman–Crippen LogP) is 3.87. The Hall–Kier alpha value is -3.14. The van der Waals surface area contributed by atoms with Gasteiger partial charge in [0.15, 0.2) is 0 Å². The van der Waals surface area contributed by atoms with Crippen LogP contribution in [0.5, 0.6) is 5.88 Å². The third kappa shape index (κ3) is 4.40. The molecular weight excluding hydrogens is 450 g/mol. The van der Waals surface area contributed by atoms with Crippen LogP contribution in [-0.4, -0.2) is 36.5 Å². The van der Waals surface area contributed by atoms with Crippen LogP contribution >= 0.6 is 12.4 Å². The maximum atomic E-state index is 13.3. The molecule has 3 aromatic heterocycles. The number of fused-ring (bicyclic) bond motifs is 1. The summed E-state index contributed by atoms with van der Waals surface area (Å²) < 4.78 is 33.3. The number of anilines is 2. The Labute approximate surface area is 193 Å². The number of nitrogens with zero attached hydrogens (tertiary/aromatic N) is 3. The van der Waals surface area contributed by atoms with E-state index in [1.165, 1.54) is 16.2 Å². The van der Waals surface area contributed by atoms with E-state index in [9.17, 15) is 8.42 Å². The molecule has 0 amide bonds. The summed E-state index contributed by atoms with van der Waals surface area (Å²) in [7, 11) is -0.423. The average molecular weight is 474 g/mol. The van der Waals surface area contributed by atoms with Crippen molar-refractivity contribution in [3.63, 3.8) is 0 Å². The van der Waals surface area contributed by atoms with Crippen molar-refractivity contribution in [1.29, 1.82) is 0 Å². The molecule has 0 aliphatic rings. The summed E-state index contributed by atoms with van der Waals surface area (Å²) in [6, 6.07) is 12.5. The molecule has 0 saturated heterocycles. The van der Waals surface area contributed by atoms with Crippen molar-refractivity contribution in [2.45, 2.75) is 18.4 Å². The molecule has 10 heteroatoms. The van der Waals surface area contributed by atoms with Crippen LogP contribution in [0.2, 0.25) is 0 Å². The molecule has 168 valence electrons. The van der Waals surface area contributed by atoms with Crippen molar-refractivity contribution in [2.75, 3.05) is 19.5 Å². The minimum atomic E-state index is -3.81. The molecule has 32 heavy (non-hydrogen) atoms. The number of benzene rings is 1. The number of aromatic nitrogens is 3. The third-order valence-electron chi connectivity index (χ3n) is 4.88. The van der Waals surface area contributed by atoms with E-state index < -0.39 is 10.0 Å². The molecule has 4 aromatic rings. The van der Waals surface area contributed by atoms with Gasteiger partial charge in [-0.05, 0) is 55.9 Å². The number of hydrogen-bond acceptors (Lipinski definition) is 7. The Morgan fingerprint density at radius 2 is 1.97 bits per heavy atom. The van der Waals surface area contributed by atoms with Gasteiger partial charge in [0, 0.05) is 41.9 Å². The smallest absolute Gasteiger partial charge is 0.269 e. The highest BCUT2D eigenvalue weighted by molar-refractivity contribution is 7.90. The number of nitrogens with one attached hydrogen (secondary N) is 2. The molecule has 0 aliphatic carbocycles. The highest BCUT2D eigenvalue weighted by Crippen LogP contribution is 2.31. The Balaban J connectivity index is 0.00000289. The van der Waals surface area contributed by atoms with E-state index in [2.05, 4.69) is 20.6 Å². The van der Waals surface area contributed by atoms with Gasteiger partial charge in [0.2, 0.25) is 5.88 Å². The quantitative estimate of drug-likeness (QED) is 0.420. The highest BCUT2D eigenvalue weighted by Gasteiger charge is 2.21. The van der Waals surface area contributed by atoms with E-state index in [4.69, 9.17) is 4.74 Å². The van der Waals surface area contributed by atoms with Gasteiger partial charge in [-0.3, -0.25) is 4.98 Å². The first kappa shape index (κ1) is 23.5. The molecular formula is C22H24ClN5O3S. The fourth-order valence-corrected chi connectivity index (χ4v) is 4.77. The minimum Gasteiger partial charge on any atom is -0.480 e. The van der Waals surface area contributed by atoms with Gasteiger partial charge in [0.05, 0.1) is 12.6 Å². The van der Waals surface area contributed by atoms with Crippen molar-refractivity contribution in [1.82, 2.24) is 19.3 Å². The fourth-order valence-electron chi connectivity index (χ4n) is 3.43. The second-order valence-electron chi connectivity index (χ2n) is 7.04. The lowest BCUT2D eigenvalue weighted by Crippen LogP contribution is -2.12. The molecule has 0 fully saturated rings. The van der Waals surface area contributed by atoms with Gasteiger partial charge in [-0.1, -0.05) is 6.07 Å². The largest absolute Gasteiger partial charge is 0.480 e. The summed E-state index contributed by atoms with van der Waals surface area (Å²) in [5, 5.41) is 7.22. The molecule has 3 heterocycles. The number of methoxy groups -OCH3 is 1. The van der Waals surface area contributed by atoms with Crippen LogP contribution < -0.4 is 15.4 Å². The van der Waals surface area contributed by atoms with E-state index in [-0.39, 0.29) is 17.3 Å². The van der Waals surface area contributed by atoms with Gasteiger partial charge >= 0.3 is 0 Å². The maximum absolute atomic E-state index is 13.3. The molecule has 4 rings (SSSR count). The molecule has 0 bridgehead atoms. The molecule has 0 unspecified atom stereocenters. The van der Waals surface area contributed by atoms with Crippen molar-refractivity contribution in [3.8, 4) is 5.88 Å². The van der Waals surface area contributed by atoms with Crippen LogP contribution in [0.25, 0.3) is 10.9 Å². The Morgan fingerprint density at radius 1 is 1.16 bits per heavy atom. The van der Waals surface area contributed by atoms with Crippen LogP contribution in [0.15, 0.2) is 66.0 Å². The standard InChI is InChI=1S/C22H23N5O3S.ClH/c1-15-6-9-20(22(25-15)30-3)26-17-7-8-19-16(12-23-2)14-27(21(19)11-17)31(28,29)18-5-4-10-24-13-18;/h4-11,13-14,23,26H,12H2,1-3H3;1H. The number of rotatable bonds is 7. The SMILES string of the molecule is CNCc1cn(S(=O)(=O)c2cccnc2)c2cc(Nc3ccc(C)nc3OC)ccc12.Cl. The second kappa shape index (κ2) is 9.56. The average Bonchev–Trinajstić information content (AvgIpc) is 3.14. The fraction of sp³-hybridized carbons (Fsp3) is 0.182. The predicted molar refractivity (Wildman–Crippen MR) is 128 cm³/mol. The molecule has 0 saturated carbocycles. The number of ether oxygens (including phenoxy) is 1. The zero-order valence-corrected chi connectivity index (χ0v) is 19.5. The van der Waals surface area contributed by atoms with Crippen LogP contribution in [0.3, 0.4) is 0 Å². The Bertz CT molecular complexity index is 1340. The van der Waals surface area contributed by atoms with E-state index in [1.54, 1.807) is 25.6 Å². The topological polar surface area (TPSA) is 98.1 Å². The van der Waals surface area contributed by atoms with Gasteiger partial charge in [-0.15, -0.1) is 12.4 Å². The van der Waals surface area contributed by atoms with E-state index >= 15 is 0 Å². The first-order valence-corrected chi connectivity index (χ1v) is 11.1. The lowest BCUT2D eigenvalue weighted by molar-refractivity contribution is 0.399. The Morgan fingerprint density at radius 3 is 2.66 bits per heavy atom. The molecule has 0 aliphatic heterocycles. The lowest BCUT2D eigenvalue weighted by Gasteiger charge is -2.12.